The molecule has 4 N–H and O–H groups in total. The summed E-state index contributed by atoms with van der Waals surface area (Å²) in [5, 5.41) is 40.3. The summed E-state index contributed by atoms with van der Waals surface area (Å²) in [6.07, 6.45) is -3.53. The van der Waals surface area contributed by atoms with Crippen molar-refractivity contribution in [3.05, 3.63) is 34.0 Å². The Hall–Kier alpha value is -2.72. The first-order valence-corrected chi connectivity index (χ1v) is 7.54. The van der Waals surface area contributed by atoms with E-state index in [1.54, 1.807) is 26.8 Å². The first kappa shape index (κ1) is 18.6. The summed E-state index contributed by atoms with van der Waals surface area (Å²) < 4.78 is 5.03. The molecule has 0 aliphatic heterocycles. The minimum atomic E-state index is -1.43. The number of amides is 1. The maximum atomic E-state index is 11.6. The van der Waals surface area contributed by atoms with Crippen molar-refractivity contribution in [3.63, 3.8) is 0 Å². The highest BCUT2D eigenvalue weighted by Crippen LogP contribution is 2.29. The van der Waals surface area contributed by atoms with E-state index in [0.717, 1.165) is 0 Å². The number of non-ortho nitro benzene ring substituents is 1. The number of nitrogens with one attached hydrogen (secondary N) is 2. The number of nitro groups is 1. The molecule has 2 unspecified atom stereocenters. The van der Waals surface area contributed by atoms with Gasteiger partial charge in [0, 0.05) is 18.0 Å². The van der Waals surface area contributed by atoms with Crippen molar-refractivity contribution in [2.45, 2.75) is 38.6 Å². The Kier molecular flexibility index (Phi) is 5.24. The predicted molar refractivity (Wildman–Crippen MR) is 88.0 cm³/mol. The average molecular weight is 352 g/mol. The zero-order valence-corrected chi connectivity index (χ0v) is 14.0. The number of aromatic amines is 1. The molecule has 0 saturated heterocycles. The lowest BCUT2D eigenvalue weighted by Gasteiger charge is -2.21. The summed E-state index contributed by atoms with van der Waals surface area (Å²) >= 11 is 0. The van der Waals surface area contributed by atoms with E-state index in [2.05, 4.69) is 15.5 Å². The second-order valence-electron chi connectivity index (χ2n) is 6.46. The molecule has 1 heterocycles. The molecule has 2 atom stereocenters. The number of carbonyl (C=O) groups excluding carboxylic acids is 1. The number of hydrogen-bond donors (Lipinski definition) is 4. The molecule has 0 spiro atoms. The van der Waals surface area contributed by atoms with E-state index in [1.807, 2.05) is 0 Å². The molecule has 2 rings (SSSR count). The zero-order chi connectivity index (χ0) is 18.8. The third kappa shape index (κ3) is 4.43. The predicted octanol–water partition coefficient (Wildman–Crippen LogP) is 1.39. The molecule has 1 amide bonds. The Morgan fingerprint density at radius 2 is 2.12 bits per heavy atom. The maximum Gasteiger partial charge on any atom is 0.407 e. The van der Waals surface area contributed by atoms with Crippen LogP contribution in [0.15, 0.2) is 18.2 Å². The monoisotopic (exact) mass is 352 g/mol. The number of aromatic nitrogens is 2. The van der Waals surface area contributed by atoms with Crippen molar-refractivity contribution in [2.75, 3.05) is 6.54 Å². The first-order chi connectivity index (χ1) is 11.6. The van der Waals surface area contributed by atoms with Gasteiger partial charge in [0.2, 0.25) is 0 Å². The van der Waals surface area contributed by atoms with Crippen LogP contribution in [0.25, 0.3) is 10.9 Å². The molecule has 0 bridgehead atoms. The van der Waals surface area contributed by atoms with Crippen LogP contribution in [0.4, 0.5) is 10.5 Å². The Morgan fingerprint density at radius 1 is 1.44 bits per heavy atom. The standard InChI is InChI=1S/C15H20N4O6/c1-15(2,3)25-14(22)16-7-10(20)13(21)12-8-5-4-6-9(19(23)24)11(8)17-18-12/h4-6,10,13,20-21H,7H2,1-3H3,(H,16,22)(H,17,18). The SMILES string of the molecule is CC(C)(C)OC(=O)NCC(O)C(O)c1[nH]nc2c([N+](=O)[O-])cccc12. The van der Waals surface area contributed by atoms with Gasteiger partial charge in [-0.05, 0) is 20.8 Å². The number of para-hydroxylation sites is 1. The molecule has 0 fully saturated rings. The van der Waals surface area contributed by atoms with Gasteiger partial charge in [0.25, 0.3) is 5.69 Å². The van der Waals surface area contributed by atoms with Crippen LogP contribution in [0.5, 0.6) is 0 Å². The number of hydrogen-bond acceptors (Lipinski definition) is 7. The first-order valence-electron chi connectivity index (χ1n) is 7.54. The minimum Gasteiger partial charge on any atom is -0.444 e. The highest BCUT2D eigenvalue weighted by Gasteiger charge is 2.26. The topological polar surface area (TPSA) is 151 Å². The number of carbonyl (C=O) groups is 1. The van der Waals surface area contributed by atoms with Crippen molar-refractivity contribution in [2.24, 2.45) is 0 Å². The van der Waals surface area contributed by atoms with Gasteiger partial charge < -0.3 is 20.3 Å². The van der Waals surface area contributed by atoms with E-state index in [-0.39, 0.29) is 23.4 Å². The fraction of sp³-hybridized carbons (Fsp3) is 0.467. The molecular weight excluding hydrogens is 332 g/mol. The summed E-state index contributed by atoms with van der Waals surface area (Å²) in [5.41, 5.74) is -0.703. The van der Waals surface area contributed by atoms with Crippen molar-refractivity contribution in [3.8, 4) is 0 Å². The lowest BCUT2D eigenvalue weighted by Crippen LogP contribution is -2.39. The van der Waals surface area contributed by atoms with Gasteiger partial charge in [-0.1, -0.05) is 12.1 Å². The molecule has 0 aliphatic carbocycles. The Balaban J connectivity index is 2.11. The number of fused-ring (bicyclic) bond motifs is 1. The van der Waals surface area contributed by atoms with Gasteiger partial charge in [0.15, 0.2) is 5.52 Å². The van der Waals surface area contributed by atoms with Gasteiger partial charge >= 0.3 is 6.09 Å². The fourth-order valence-corrected chi connectivity index (χ4v) is 2.22. The van der Waals surface area contributed by atoms with Crippen LogP contribution in [0.3, 0.4) is 0 Å². The van der Waals surface area contributed by atoms with Crippen molar-refractivity contribution in [1.29, 1.82) is 0 Å². The van der Waals surface area contributed by atoms with E-state index < -0.39 is 28.8 Å². The molecule has 0 saturated carbocycles. The molecule has 0 radical (unpaired) electrons. The van der Waals surface area contributed by atoms with Crippen LogP contribution in [-0.4, -0.2) is 49.7 Å². The van der Waals surface area contributed by atoms with Crippen LogP contribution in [0, 0.1) is 10.1 Å². The number of nitrogens with zero attached hydrogens (tertiary/aromatic N) is 2. The summed E-state index contributed by atoms with van der Waals surface area (Å²) in [4.78, 5) is 22.0. The van der Waals surface area contributed by atoms with E-state index in [9.17, 15) is 25.1 Å². The van der Waals surface area contributed by atoms with E-state index >= 15 is 0 Å². The highest BCUT2D eigenvalue weighted by molar-refractivity contribution is 5.89. The number of H-pyrrole nitrogens is 1. The molecule has 136 valence electrons. The number of aliphatic hydroxyl groups is 2. The zero-order valence-electron chi connectivity index (χ0n) is 14.0. The van der Waals surface area contributed by atoms with Crippen LogP contribution >= 0.6 is 0 Å². The largest absolute Gasteiger partial charge is 0.444 e. The normalized spacial score (nSPS) is 14.1. The minimum absolute atomic E-state index is 0.0776. The second-order valence-corrected chi connectivity index (χ2v) is 6.46. The number of nitro benzene ring substituents is 1. The molecule has 10 nitrogen and oxygen atoms in total. The van der Waals surface area contributed by atoms with Crippen molar-refractivity contribution >= 4 is 22.7 Å². The van der Waals surface area contributed by atoms with Crippen LogP contribution in [0.2, 0.25) is 0 Å². The average Bonchev–Trinajstić information content (AvgIpc) is 2.93. The fourth-order valence-electron chi connectivity index (χ4n) is 2.22. The Bertz CT molecular complexity index is 782. The third-order valence-electron chi connectivity index (χ3n) is 3.30. The van der Waals surface area contributed by atoms with Crippen molar-refractivity contribution in [1.82, 2.24) is 15.5 Å². The quantitative estimate of drug-likeness (QED) is 0.469. The summed E-state index contributed by atoms with van der Waals surface area (Å²) in [7, 11) is 0. The van der Waals surface area contributed by atoms with Gasteiger partial charge in [0.1, 0.15) is 17.8 Å². The number of ether oxygens (including phenoxy) is 1. The lowest BCUT2D eigenvalue weighted by molar-refractivity contribution is -0.383. The molecule has 0 aliphatic rings. The van der Waals surface area contributed by atoms with Gasteiger partial charge in [0.05, 0.1) is 10.6 Å². The van der Waals surface area contributed by atoms with Gasteiger partial charge in [-0.15, -0.1) is 0 Å². The van der Waals surface area contributed by atoms with E-state index in [0.29, 0.717) is 5.39 Å². The summed E-state index contributed by atoms with van der Waals surface area (Å²) in [6, 6.07) is 4.29. The molecule has 10 heteroatoms. The molecular formula is C15H20N4O6. The highest BCUT2D eigenvalue weighted by atomic mass is 16.6. The number of rotatable bonds is 5. The second kappa shape index (κ2) is 7.03. The molecule has 25 heavy (non-hydrogen) atoms. The van der Waals surface area contributed by atoms with E-state index in [4.69, 9.17) is 4.74 Å². The van der Waals surface area contributed by atoms with Crippen LogP contribution in [-0.2, 0) is 4.74 Å². The molecule has 2 aromatic rings. The molecule has 1 aromatic carbocycles. The summed E-state index contributed by atoms with van der Waals surface area (Å²) in [6.45, 7) is 4.82. The smallest absolute Gasteiger partial charge is 0.407 e. The maximum absolute atomic E-state index is 11.6. The van der Waals surface area contributed by atoms with Gasteiger partial charge in [-0.2, -0.15) is 5.10 Å². The summed E-state index contributed by atoms with van der Waals surface area (Å²) in [5.74, 6) is 0. The van der Waals surface area contributed by atoms with Crippen LogP contribution in [0.1, 0.15) is 32.6 Å². The van der Waals surface area contributed by atoms with Crippen LogP contribution < -0.4 is 5.32 Å². The lowest BCUT2D eigenvalue weighted by atomic mass is 10.1. The van der Waals surface area contributed by atoms with Gasteiger partial charge in [-0.25, -0.2) is 4.79 Å². The van der Waals surface area contributed by atoms with E-state index in [1.165, 1.54) is 12.1 Å². The van der Waals surface area contributed by atoms with Crippen molar-refractivity contribution < 1.29 is 24.7 Å². The Morgan fingerprint density at radius 3 is 2.72 bits per heavy atom. The molecule has 1 aromatic heterocycles. The number of benzene rings is 1. The van der Waals surface area contributed by atoms with Gasteiger partial charge in [-0.3, -0.25) is 15.2 Å². The number of aliphatic hydroxyl groups excluding tert-OH is 2. The third-order valence-corrected chi connectivity index (χ3v) is 3.30. The number of alkyl carbamates (subject to hydrolysis) is 1. The Labute approximate surface area is 142 Å².